The monoisotopic (exact) mass is 307 g/mol. The molecule has 118 valence electrons. The molecule has 3 aromatic rings. The van der Waals surface area contributed by atoms with Crippen LogP contribution >= 0.6 is 0 Å². The first-order chi connectivity index (χ1) is 11.2. The van der Waals surface area contributed by atoms with Crippen molar-refractivity contribution in [2.75, 3.05) is 13.2 Å². The third-order valence-electron chi connectivity index (χ3n) is 3.83. The van der Waals surface area contributed by atoms with Crippen LogP contribution in [0.25, 0.3) is 22.3 Å². The zero-order valence-electron chi connectivity index (χ0n) is 13.5. The predicted molar refractivity (Wildman–Crippen MR) is 93.3 cm³/mol. The summed E-state index contributed by atoms with van der Waals surface area (Å²) in [6, 6.07) is 16.4. The molecule has 0 saturated carbocycles. The van der Waals surface area contributed by atoms with E-state index in [4.69, 9.17) is 9.52 Å². The molecule has 0 aliphatic rings. The molecule has 0 saturated heterocycles. The molecule has 0 aliphatic carbocycles. The van der Waals surface area contributed by atoms with Gasteiger partial charge in [0.1, 0.15) is 11.3 Å². The van der Waals surface area contributed by atoms with Crippen LogP contribution in [0.3, 0.4) is 0 Å². The SMILES string of the molecule is Cc1ccc(-c2cc(=NCCCO)c3cc(C)ccc3o2)cc1. The molecule has 2 aromatic carbocycles. The van der Waals surface area contributed by atoms with E-state index in [-0.39, 0.29) is 6.61 Å². The van der Waals surface area contributed by atoms with Gasteiger partial charge in [-0.1, -0.05) is 41.5 Å². The van der Waals surface area contributed by atoms with Crippen LogP contribution < -0.4 is 5.36 Å². The highest BCUT2D eigenvalue weighted by Gasteiger charge is 2.06. The van der Waals surface area contributed by atoms with Gasteiger partial charge < -0.3 is 9.52 Å². The first-order valence-corrected chi connectivity index (χ1v) is 7.90. The average Bonchev–Trinajstić information content (AvgIpc) is 2.56. The van der Waals surface area contributed by atoms with Crippen molar-refractivity contribution in [1.29, 1.82) is 0 Å². The summed E-state index contributed by atoms with van der Waals surface area (Å²) >= 11 is 0. The van der Waals surface area contributed by atoms with Crippen molar-refractivity contribution >= 4 is 11.0 Å². The Morgan fingerprint density at radius 2 is 1.70 bits per heavy atom. The van der Waals surface area contributed by atoms with E-state index in [0.717, 1.165) is 27.7 Å². The van der Waals surface area contributed by atoms with E-state index >= 15 is 0 Å². The average molecular weight is 307 g/mol. The van der Waals surface area contributed by atoms with Crippen LogP contribution in [-0.4, -0.2) is 18.3 Å². The van der Waals surface area contributed by atoms with Crippen molar-refractivity contribution < 1.29 is 9.52 Å². The van der Waals surface area contributed by atoms with Crippen molar-refractivity contribution in [3.63, 3.8) is 0 Å². The van der Waals surface area contributed by atoms with Crippen LogP contribution in [0.2, 0.25) is 0 Å². The second kappa shape index (κ2) is 6.80. The van der Waals surface area contributed by atoms with E-state index in [1.807, 2.05) is 18.2 Å². The highest BCUT2D eigenvalue weighted by atomic mass is 16.3. The number of hydrogen-bond donors (Lipinski definition) is 1. The van der Waals surface area contributed by atoms with E-state index in [2.05, 4.69) is 49.2 Å². The summed E-state index contributed by atoms with van der Waals surface area (Å²) < 4.78 is 6.08. The van der Waals surface area contributed by atoms with Crippen LogP contribution in [0.15, 0.2) is 57.9 Å². The van der Waals surface area contributed by atoms with Gasteiger partial charge in [-0.3, -0.25) is 4.99 Å². The molecule has 0 amide bonds. The Hall–Kier alpha value is -2.39. The number of aryl methyl sites for hydroxylation is 2. The van der Waals surface area contributed by atoms with E-state index in [1.165, 1.54) is 11.1 Å². The van der Waals surface area contributed by atoms with E-state index in [1.54, 1.807) is 0 Å². The van der Waals surface area contributed by atoms with Gasteiger partial charge in [-0.25, -0.2) is 0 Å². The molecule has 3 heteroatoms. The predicted octanol–water partition coefficient (Wildman–Crippen LogP) is 4.00. The van der Waals surface area contributed by atoms with Crippen molar-refractivity contribution in [2.24, 2.45) is 4.99 Å². The Morgan fingerprint density at radius 1 is 0.957 bits per heavy atom. The Kier molecular flexibility index (Phi) is 4.58. The molecule has 0 spiro atoms. The van der Waals surface area contributed by atoms with Crippen molar-refractivity contribution in [1.82, 2.24) is 0 Å². The Bertz CT molecular complexity index is 876. The summed E-state index contributed by atoms with van der Waals surface area (Å²) in [5.41, 5.74) is 4.26. The molecule has 0 radical (unpaired) electrons. The van der Waals surface area contributed by atoms with Crippen molar-refractivity contribution in [3.05, 3.63) is 65.0 Å². The lowest BCUT2D eigenvalue weighted by Crippen LogP contribution is -2.06. The third-order valence-corrected chi connectivity index (χ3v) is 3.83. The van der Waals surface area contributed by atoms with Gasteiger partial charge >= 0.3 is 0 Å². The molecular weight excluding hydrogens is 286 g/mol. The Labute approximate surface area is 135 Å². The summed E-state index contributed by atoms with van der Waals surface area (Å²) in [5.74, 6) is 0.809. The maximum Gasteiger partial charge on any atom is 0.136 e. The molecule has 1 N–H and O–H groups in total. The zero-order chi connectivity index (χ0) is 16.2. The normalized spacial score (nSPS) is 12.0. The highest BCUT2D eigenvalue weighted by Crippen LogP contribution is 2.23. The molecule has 1 heterocycles. The van der Waals surface area contributed by atoms with E-state index in [0.29, 0.717) is 13.0 Å². The number of nitrogens with zero attached hydrogens (tertiary/aromatic N) is 1. The number of aliphatic hydroxyl groups excluding tert-OH is 1. The minimum atomic E-state index is 0.155. The summed E-state index contributed by atoms with van der Waals surface area (Å²) in [6.07, 6.45) is 0.666. The molecule has 0 fully saturated rings. The molecule has 0 aliphatic heterocycles. The number of hydrogen-bond acceptors (Lipinski definition) is 3. The van der Waals surface area contributed by atoms with Crippen molar-refractivity contribution in [2.45, 2.75) is 20.3 Å². The lowest BCUT2D eigenvalue weighted by molar-refractivity contribution is 0.291. The van der Waals surface area contributed by atoms with Gasteiger partial charge in [0.15, 0.2) is 0 Å². The molecule has 1 aromatic heterocycles. The standard InChI is InChI=1S/C20H21NO2/c1-14-4-7-16(8-5-14)20-13-18(21-10-3-11-22)17-12-15(2)6-9-19(17)23-20/h4-9,12-13,22H,3,10-11H2,1-2H3. The van der Waals surface area contributed by atoms with Gasteiger partial charge in [-0.2, -0.15) is 0 Å². The van der Waals surface area contributed by atoms with Gasteiger partial charge in [0.05, 0.1) is 5.36 Å². The number of benzene rings is 2. The first kappa shape index (κ1) is 15.5. The molecule has 0 bridgehead atoms. The summed E-state index contributed by atoms with van der Waals surface area (Å²) in [5, 5.41) is 10.9. The van der Waals surface area contributed by atoms with Crippen LogP contribution in [0.5, 0.6) is 0 Å². The number of aliphatic hydroxyl groups is 1. The van der Waals surface area contributed by atoms with Gasteiger partial charge in [-0.05, 0) is 32.4 Å². The lowest BCUT2D eigenvalue weighted by atomic mass is 10.1. The van der Waals surface area contributed by atoms with Gasteiger partial charge in [0.25, 0.3) is 0 Å². The maximum atomic E-state index is 8.98. The Morgan fingerprint density at radius 3 is 2.43 bits per heavy atom. The van der Waals surface area contributed by atoms with Gasteiger partial charge in [0, 0.05) is 30.2 Å². The second-order valence-corrected chi connectivity index (χ2v) is 5.82. The van der Waals surface area contributed by atoms with E-state index < -0.39 is 0 Å². The van der Waals surface area contributed by atoms with Gasteiger partial charge in [-0.15, -0.1) is 0 Å². The van der Waals surface area contributed by atoms with Crippen LogP contribution in [0.1, 0.15) is 17.5 Å². The summed E-state index contributed by atoms with van der Waals surface area (Å²) in [6.45, 7) is 4.89. The van der Waals surface area contributed by atoms with Gasteiger partial charge in [0.2, 0.25) is 0 Å². The molecule has 0 unspecified atom stereocenters. The van der Waals surface area contributed by atoms with Crippen LogP contribution in [0.4, 0.5) is 0 Å². The molecule has 3 rings (SSSR count). The van der Waals surface area contributed by atoms with Crippen molar-refractivity contribution in [3.8, 4) is 11.3 Å². The largest absolute Gasteiger partial charge is 0.456 e. The zero-order valence-corrected chi connectivity index (χ0v) is 13.5. The Balaban J connectivity index is 2.18. The number of fused-ring (bicyclic) bond motifs is 1. The fourth-order valence-electron chi connectivity index (χ4n) is 2.54. The summed E-state index contributed by atoms with van der Waals surface area (Å²) in [4.78, 5) is 4.65. The molecular formula is C20H21NO2. The smallest absolute Gasteiger partial charge is 0.136 e. The quantitative estimate of drug-likeness (QED) is 0.741. The second-order valence-electron chi connectivity index (χ2n) is 5.82. The third kappa shape index (κ3) is 3.51. The highest BCUT2D eigenvalue weighted by molar-refractivity contribution is 5.79. The first-order valence-electron chi connectivity index (χ1n) is 7.90. The number of rotatable bonds is 4. The molecule has 23 heavy (non-hydrogen) atoms. The fraction of sp³-hybridized carbons (Fsp3) is 0.250. The van der Waals surface area contributed by atoms with Crippen LogP contribution in [0, 0.1) is 13.8 Å². The summed E-state index contributed by atoms with van der Waals surface area (Å²) in [7, 11) is 0. The van der Waals surface area contributed by atoms with E-state index in [9.17, 15) is 0 Å². The molecule has 0 atom stereocenters. The maximum absolute atomic E-state index is 8.98. The minimum absolute atomic E-state index is 0.155. The minimum Gasteiger partial charge on any atom is -0.456 e. The van der Waals surface area contributed by atoms with Crippen LogP contribution in [-0.2, 0) is 0 Å². The topological polar surface area (TPSA) is 45.7 Å². The fourth-order valence-corrected chi connectivity index (χ4v) is 2.54. The lowest BCUT2D eigenvalue weighted by Gasteiger charge is -2.06. The molecule has 3 nitrogen and oxygen atoms in total.